The molecule has 0 bridgehead atoms. The Morgan fingerprint density at radius 1 is 1.35 bits per heavy atom. The lowest BCUT2D eigenvalue weighted by molar-refractivity contribution is -0.0699. The Hall–Kier alpha value is -0.970. The molecule has 0 aromatic heterocycles. The number of aliphatic hydroxyl groups excluding tert-OH is 1. The number of halogens is 1. The molecule has 1 atom stereocenters. The highest BCUT2D eigenvalue weighted by atomic mass is 19.1. The van der Waals surface area contributed by atoms with Crippen LogP contribution in [0.2, 0.25) is 0 Å². The highest BCUT2D eigenvalue weighted by Crippen LogP contribution is 2.37. The van der Waals surface area contributed by atoms with E-state index in [-0.39, 0.29) is 29.7 Å². The Morgan fingerprint density at radius 2 is 2.05 bits per heavy atom. The molecule has 2 rings (SSSR count). The Balaban J connectivity index is 2.02. The van der Waals surface area contributed by atoms with Crippen LogP contribution in [0.4, 0.5) is 4.39 Å². The summed E-state index contributed by atoms with van der Waals surface area (Å²) in [5.41, 5.74) is 0.964. The Bertz CT molecular complexity index is 485. The molecule has 2 N–H and O–H groups in total. The second-order valence-corrected chi connectivity index (χ2v) is 6.69. The van der Waals surface area contributed by atoms with Gasteiger partial charge in [-0.3, -0.25) is 0 Å². The van der Waals surface area contributed by atoms with Crippen LogP contribution < -0.4 is 5.32 Å². The monoisotopic (exact) mass is 281 g/mol. The third-order valence-corrected chi connectivity index (χ3v) is 3.91. The van der Waals surface area contributed by atoms with E-state index >= 15 is 0 Å². The normalized spacial score (nSPS) is 24.0. The summed E-state index contributed by atoms with van der Waals surface area (Å²) in [7, 11) is 0. The highest BCUT2D eigenvalue weighted by Gasteiger charge is 2.45. The minimum Gasteiger partial charge on any atom is -0.392 e. The van der Waals surface area contributed by atoms with Crippen molar-refractivity contribution in [1.82, 2.24) is 5.32 Å². The number of hydrogen-bond acceptors (Lipinski definition) is 3. The van der Waals surface area contributed by atoms with Crippen LogP contribution in [0.1, 0.15) is 45.2 Å². The van der Waals surface area contributed by atoms with Gasteiger partial charge in [0.25, 0.3) is 0 Å². The van der Waals surface area contributed by atoms with Crippen LogP contribution in [0.15, 0.2) is 18.2 Å². The van der Waals surface area contributed by atoms with Crippen LogP contribution in [0.3, 0.4) is 0 Å². The zero-order valence-corrected chi connectivity index (χ0v) is 12.7. The fraction of sp³-hybridized carbons (Fsp3) is 0.625. The van der Waals surface area contributed by atoms with Crippen molar-refractivity contribution >= 4 is 0 Å². The van der Waals surface area contributed by atoms with E-state index in [1.807, 2.05) is 0 Å². The van der Waals surface area contributed by atoms with Crippen LogP contribution in [0.5, 0.6) is 0 Å². The molecule has 1 unspecified atom stereocenters. The molecular weight excluding hydrogens is 257 g/mol. The van der Waals surface area contributed by atoms with Gasteiger partial charge in [0.1, 0.15) is 5.82 Å². The van der Waals surface area contributed by atoms with Crippen molar-refractivity contribution in [2.45, 2.75) is 64.5 Å². The first-order valence-corrected chi connectivity index (χ1v) is 7.05. The molecule has 1 saturated heterocycles. The number of nitrogens with one attached hydrogen (secondary N) is 1. The summed E-state index contributed by atoms with van der Waals surface area (Å²) >= 11 is 0. The van der Waals surface area contributed by atoms with Crippen molar-refractivity contribution in [3.63, 3.8) is 0 Å². The van der Waals surface area contributed by atoms with Crippen LogP contribution in [-0.2, 0) is 17.9 Å². The van der Waals surface area contributed by atoms with Crippen LogP contribution in [0.25, 0.3) is 0 Å². The maximum absolute atomic E-state index is 13.3. The quantitative estimate of drug-likeness (QED) is 0.891. The van der Waals surface area contributed by atoms with Crippen molar-refractivity contribution in [2.24, 2.45) is 0 Å². The third kappa shape index (κ3) is 3.37. The van der Waals surface area contributed by atoms with Gasteiger partial charge in [0.15, 0.2) is 0 Å². The Kier molecular flexibility index (Phi) is 4.19. The molecule has 4 heteroatoms. The minimum atomic E-state index is -0.359. The fourth-order valence-corrected chi connectivity index (χ4v) is 2.98. The molecule has 0 saturated carbocycles. The molecule has 112 valence electrons. The van der Waals surface area contributed by atoms with Gasteiger partial charge in [0.05, 0.1) is 17.8 Å². The smallest absolute Gasteiger partial charge is 0.128 e. The van der Waals surface area contributed by atoms with Crippen LogP contribution in [-0.4, -0.2) is 22.4 Å². The summed E-state index contributed by atoms with van der Waals surface area (Å²) in [5.74, 6) is -0.359. The zero-order chi connectivity index (χ0) is 15.0. The molecule has 1 heterocycles. The molecule has 1 aromatic carbocycles. The predicted molar refractivity (Wildman–Crippen MR) is 76.8 cm³/mol. The molecule has 0 radical (unpaired) electrons. The molecular formula is C16H24FNO2. The summed E-state index contributed by atoms with van der Waals surface area (Å²) in [4.78, 5) is 0. The fourth-order valence-electron chi connectivity index (χ4n) is 2.98. The molecule has 0 aliphatic carbocycles. The first-order chi connectivity index (χ1) is 9.23. The van der Waals surface area contributed by atoms with Crippen molar-refractivity contribution < 1.29 is 14.2 Å². The largest absolute Gasteiger partial charge is 0.392 e. The molecule has 1 aliphatic rings. The summed E-state index contributed by atoms with van der Waals surface area (Å²) in [6, 6.07) is 5.11. The second kappa shape index (κ2) is 5.43. The van der Waals surface area contributed by atoms with E-state index in [2.05, 4.69) is 33.0 Å². The lowest BCUT2D eigenvalue weighted by atomic mass is 9.94. The van der Waals surface area contributed by atoms with Crippen LogP contribution >= 0.6 is 0 Å². The van der Waals surface area contributed by atoms with E-state index in [9.17, 15) is 4.39 Å². The highest BCUT2D eigenvalue weighted by molar-refractivity contribution is 5.24. The average Bonchev–Trinajstić information content (AvgIpc) is 2.56. The number of rotatable bonds is 4. The van der Waals surface area contributed by atoms with Gasteiger partial charge >= 0.3 is 0 Å². The molecule has 3 nitrogen and oxygen atoms in total. The van der Waals surface area contributed by atoms with Gasteiger partial charge in [-0.05, 0) is 51.8 Å². The van der Waals surface area contributed by atoms with Gasteiger partial charge in [0.2, 0.25) is 0 Å². The van der Waals surface area contributed by atoms with E-state index < -0.39 is 0 Å². The van der Waals surface area contributed by atoms with Gasteiger partial charge in [-0.1, -0.05) is 6.07 Å². The molecule has 1 aromatic rings. The Morgan fingerprint density at radius 3 is 2.60 bits per heavy atom. The van der Waals surface area contributed by atoms with Crippen molar-refractivity contribution in [1.29, 1.82) is 0 Å². The first kappa shape index (κ1) is 15.4. The SMILES string of the molecule is CC1(C)CC(NCc2ccc(F)c(CO)c2)C(C)(C)O1. The second-order valence-electron chi connectivity index (χ2n) is 6.69. The van der Waals surface area contributed by atoms with E-state index in [0.717, 1.165) is 12.0 Å². The zero-order valence-electron chi connectivity index (χ0n) is 12.7. The van der Waals surface area contributed by atoms with Crippen molar-refractivity contribution in [3.8, 4) is 0 Å². The summed E-state index contributed by atoms with van der Waals surface area (Å²) in [6.07, 6.45) is 0.939. The average molecular weight is 281 g/mol. The van der Waals surface area contributed by atoms with Gasteiger partial charge in [-0.2, -0.15) is 0 Å². The predicted octanol–water partition coefficient (Wildman–Crippen LogP) is 2.75. The molecule has 20 heavy (non-hydrogen) atoms. The van der Waals surface area contributed by atoms with Gasteiger partial charge in [-0.15, -0.1) is 0 Å². The van der Waals surface area contributed by atoms with Gasteiger partial charge in [-0.25, -0.2) is 4.39 Å². The number of benzene rings is 1. The summed E-state index contributed by atoms with van der Waals surface area (Å²) < 4.78 is 19.4. The van der Waals surface area contributed by atoms with E-state index in [0.29, 0.717) is 12.1 Å². The third-order valence-electron chi connectivity index (χ3n) is 3.91. The lowest BCUT2D eigenvalue weighted by Crippen LogP contribution is -2.42. The number of hydrogen-bond donors (Lipinski definition) is 2. The first-order valence-electron chi connectivity index (χ1n) is 7.05. The minimum absolute atomic E-state index is 0.125. The lowest BCUT2D eigenvalue weighted by Gasteiger charge is -2.28. The van der Waals surface area contributed by atoms with Crippen LogP contribution in [0, 0.1) is 5.82 Å². The van der Waals surface area contributed by atoms with E-state index in [4.69, 9.17) is 9.84 Å². The standard InChI is InChI=1S/C16H24FNO2/c1-15(2)8-14(16(3,4)20-15)18-9-11-5-6-13(17)12(7-11)10-19/h5-7,14,18-19H,8-10H2,1-4H3. The van der Waals surface area contributed by atoms with E-state index in [1.54, 1.807) is 12.1 Å². The Labute approximate surface area is 120 Å². The van der Waals surface area contributed by atoms with Gasteiger partial charge in [0, 0.05) is 18.2 Å². The number of aliphatic hydroxyl groups is 1. The maximum atomic E-state index is 13.3. The topological polar surface area (TPSA) is 41.5 Å². The molecule has 0 amide bonds. The number of ether oxygens (including phenoxy) is 1. The van der Waals surface area contributed by atoms with E-state index in [1.165, 1.54) is 6.07 Å². The molecule has 1 aliphatic heterocycles. The summed E-state index contributed by atoms with van der Waals surface area (Å²) in [6.45, 7) is 8.73. The van der Waals surface area contributed by atoms with Crippen molar-refractivity contribution in [2.75, 3.05) is 0 Å². The van der Waals surface area contributed by atoms with Gasteiger partial charge < -0.3 is 15.2 Å². The van der Waals surface area contributed by atoms with Crippen molar-refractivity contribution in [3.05, 3.63) is 35.1 Å². The maximum Gasteiger partial charge on any atom is 0.128 e. The molecule has 1 fully saturated rings. The molecule has 0 spiro atoms. The summed E-state index contributed by atoms with van der Waals surface area (Å²) in [5, 5.41) is 12.6.